The van der Waals surface area contributed by atoms with Gasteiger partial charge in [0.05, 0.1) is 18.5 Å². The number of aromatic nitrogens is 5. The van der Waals surface area contributed by atoms with Gasteiger partial charge in [-0.1, -0.05) is 23.4 Å². The molecule has 0 saturated heterocycles. The van der Waals surface area contributed by atoms with Gasteiger partial charge in [0.1, 0.15) is 5.76 Å². The number of halogens is 1. The number of aryl methyl sites for hydroxylation is 1. The van der Waals surface area contributed by atoms with Gasteiger partial charge in [-0.25, -0.2) is 4.98 Å². The maximum absolute atomic E-state index is 12.5. The van der Waals surface area contributed by atoms with E-state index in [9.17, 15) is 4.79 Å². The third-order valence-corrected chi connectivity index (χ3v) is 6.89. The predicted octanol–water partition coefficient (Wildman–Crippen LogP) is 4.91. The van der Waals surface area contributed by atoms with E-state index in [4.69, 9.17) is 16.0 Å². The van der Waals surface area contributed by atoms with Crippen LogP contribution in [0.2, 0.25) is 5.02 Å². The number of rotatable bonds is 6. The van der Waals surface area contributed by atoms with Crippen LogP contribution in [0.15, 0.2) is 68.5 Å². The van der Waals surface area contributed by atoms with Gasteiger partial charge in [0.15, 0.2) is 15.9 Å². The Hall–Kier alpha value is -2.88. The van der Waals surface area contributed by atoms with Gasteiger partial charge >= 0.3 is 0 Å². The predicted molar refractivity (Wildman–Crippen MR) is 122 cm³/mol. The van der Waals surface area contributed by atoms with Crippen molar-refractivity contribution < 1.29 is 4.42 Å². The van der Waals surface area contributed by atoms with Crippen LogP contribution in [0.5, 0.6) is 0 Å². The van der Waals surface area contributed by atoms with Crippen LogP contribution >= 0.6 is 34.7 Å². The highest BCUT2D eigenvalue weighted by molar-refractivity contribution is 7.98. The molecule has 4 aromatic heterocycles. The molecule has 0 saturated carbocycles. The van der Waals surface area contributed by atoms with Crippen LogP contribution < -0.4 is 5.56 Å². The molecule has 0 unspecified atom stereocenters. The zero-order chi connectivity index (χ0) is 21.4. The molecule has 5 rings (SSSR count). The Kier molecular flexibility index (Phi) is 5.39. The average Bonchev–Trinajstić information content (AvgIpc) is 3.49. The van der Waals surface area contributed by atoms with Crippen molar-refractivity contribution in [1.82, 2.24) is 24.1 Å². The lowest BCUT2D eigenvalue weighted by atomic mass is 10.2. The Morgan fingerprint density at radius 2 is 2.03 bits per heavy atom. The molecule has 0 N–H and O–H groups in total. The lowest BCUT2D eigenvalue weighted by Gasteiger charge is -2.09. The number of furan rings is 1. The van der Waals surface area contributed by atoms with Gasteiger partial charge in [-0.3, -0.25) is 13.8 Å². The van der Waals surface area contributed by atoms with E-state index in [0.717, 1.165) is 17.0 Å². The normalized spacial score (nSPS) is 11.4. The van der Waals surface area contributed by atoms with Gasteiger partial charge in [0, 0.05) is 33.5 Å². The Morgan fingerprint density at radius 3 is 2.81 bits per heavy atom. The van der Waals surface area contributed by atoms with E-state index in [1.54, 1.807) is 16.7 Å². The van der Waals surface area contributed by atoms with Gasteiger partial charge in [0.25, 0.3) is 5.56 Å². The highest BCUT2D eigenvalue weighted by Gasteiger charge is 2.17. The van der Waals surface area contributed by atoms with Crippen molar-refractivity contribution in [3.8, 4) is 11.4 Å². The molecule has 0 aliphatic carbocycles. The number of hydrogen-bond acceptors (Lipinski definition) is 7. The van der Waals surface area contributed by atoms with Crippen molar-refractivity contribution >= 4 is 39.7 Å². The number of fused-ring (bicyclic) bond motifs is 1. The van der Waals surface area contributed by atoms with Crippen LogP contribution in [-0.4, -0.2) is 24.1 Å². The van der Waals surface area contributed by atoms with Crippen molar-refractivity contribution in [1.29, 1.82) is 0 Å². The van der Waals surface area contributed by atoms with Crippen LogP contribution in [-0.2, 0) is 12.3 Å². The maximum Gasteiger partial charge on any atom is 0.258 e. The minimum absolute atomic E-state index is 0.0711. The van der Waals surface area contributed by atoms with Crippen LogP contribution in [0.1, 0.15) is 17.1 Å². The maximum atomic E-state index is 12.5. The summed E-state index contributed by atoms with van der Waals surface area (Å²) in [6.45, 7) is 2.38. The quantitative estimate of drug-likeness (QED) is 0.329. The summed E-state index contributed by atoms with van der Waals surface area (Å²) in [6.07, 6.45) is 1.64. The van der Waals surface area contributed by atoms with Crippen molar-refractivity contribution in [2.75, 3.05) is 0 Å². The highest BCUT2D eigenvalue weighted by Crippen LogP contribution is 2.28. The summed E-state index contributed by atoms with van der Waals surface area (Å²) in [5, 5.41) is 12.1. The van der Waals surface area contributed by atoms with Gasteiger partial charge in [-0.2, -0.15) is 0 Å². The van der Waals surface area contributed by atoms with Crippen LogP contribution in [0.4, 0.5) is 0 Å². The summed E-state index contributed by atoms with van der Waals surface area (Å²) in [6, 6.07) is 12.8. The first-order chi connectivity index (χ1) is 15.1. The monoisotopic (exact) mass is 469 g/mol. The number of hydrogen-bond donors (Lipinski definition) is 0. The van der Waals surface area contributed by atoms with Crippen molar-refractivity contribution in [3.05, 3.63) is 86.6 Å². The highest BCUT2D eigenvalue weighted by atomic mass is 35.5. The number of nitrogens with zero attached hydrogens (tertiary/aromatic N) is 5. The largest absolute Gasteiger partial charge is 0.467 e. The van der Waals surface area contributed by atoms with Gasteiger partial charge in [0.2, 0.25) is 0 Å². The second-order valence-corrected chi connectivity index (χ2v) is 9.06. The Balaban J connectivity index is 1.47. The lowest BCUT2D eigenvalue weighted by molar-refractivity contribution is 0.485. The smallest absolute Gasteiger partial charge is 0.258 e. The molecule has 31 heavy (non-hydrogen) atoms. The molecule has 0 aliphatic rings. The summed E-state index contributed by atoms with van der Waals surface area (Å²) in [5.74, 6) is 2.01. The van der Waals surface area contributed by atoms with E-state index in [1.807, 2.05) is 53.3 Å². The van der Waals surface area contributed by atoms with E-state index in [-0.39, 0.29) is 5.56 Å². The van der Waals surface area contributed by atoms with Crippen LogP contribution in [0.25, 0.3) is 16.3 Å². The van der Waals surface area contributed by atoms with Crippen molar-refractivity contribution in [2.24, 2.45) is 0 Å². The van der Waals surface area contributed by atoms with E-state index >= 15 is 0 Å². The molecule has 0 fully saturated rings. The molecular weight excluding hydrogens is 454 g/mol. The zero-order valence-electron chi connectivity index (χ0n) is 16.4. The summed E-state index contributed by atoms with van der Waals surface area (Å²) < 4.78 is 9.15. The standard InChI is InChI=1S/C21H16ClN5O2S2/c1-13-11-30-20-23-16(9-18(28)27(13)20)12-31-21-25-24-19(14-4-6-15(22)7-5-14)26(21)10-17-3-2-8-29-17/h2-9,11H,10,12H2,1H3. The van der Waals surface area contributed by atoms with Crippen LogP contribution in [0, 0.1) is 6.92 Å². The molecule has 5 aromatic rings. The summed E-state index contributed by atoms with van der Waals surface area (Å²) in [5.41, 5.74) is 2.43. The molecule has 1 aromatic carbocycles. The summed E-state index contributed by atoms with van der Waals surface area (Å²) in [4.78, 5) is 17.8. The molecule has 0 atom stereocenters. The van der Waals surface area contributed by atoms with Crippen molar-refractivity contribution in [2.45, 2.75) is 24.4 Å². The molecule has 0 amide bonds. The summed E-state index contributed by atoms with van der Waals surface area (Å²) >= 11 is 8.98. The fourth-order valence-corrected chi connectivity index (χ4v) is 5.07. The van der Waals surface area contributed by atoms with E-state index in [2.05, 4.69) is 15.2 Å². The minimum atomic E-state index is -0.0711. The third kappa shape index (κ3) is 4.04. The number of benzene rings is 1. The first-order valence-electron chi connectivity index (χ1n) is 9.39. The van der Waals surface area contributed by atoms with Crippen LogP contribution in [0.3, 0.4) is 0 Å². The Labute approximate surface area is 190 Å². The lowest BCUT2D eigenvalue weighted by Crippen LogP contribution is -2.14. The average molecular weight is 470 g/mol. The molecule has 0 aliphatic heterocycles. The molecule has 156 valence electrons. The minimum Gasteiger partial charge on any atom is -0.467 e. The number of thiazole rings is 1. The fraction of sp³-hybridized carbons (Fsp3) is 0.143. The van der Waals surface area contributed by atoms with Gasteiger partial charge in [-0.15, -0.1) is 21.5 Å². The van der Waals surface area contributed by atoms with Gasteiger partial charge < -0.3 is 4.42 Å². The topological polar surface area (TPSA) is 78.2 Å². The SMILES string of the molecule is Cc1csc2nc(CSc3nnc(-c4ccc(Cl)cc4)n3Cc3ccco3)cc(=O)n12. The molecule has 10 heteroatoms. The fourth-order valence-electron chi connectivity index (χ4n) is 3.22. The summed E-state index contributed by atoms with van der Waals surface area (Å²) in [7, 11) is 0. The van der Waals surface area contributed by atoms with E-state index < -0.39 is 0 Å². The molecule has 0 bridgehead atoms. The second-order valence-electron chi connectivity index (χ2n) is 6.85. The Morgan fingerprint density at radius 1 is 1.19 bits per heavy atom. The van der Waals surface area contributed by atoms with E-state index in [0.29, 0.717) is 39.0 Å². The zero-order valence-corrected chi connectivity index (χ0v) is 18.7. The molecule has 0 radical (unpaired) electrons. The molecular formula is C21H16ClN5O2S2. The van der Waals surface area contributed by atoms with Gasteiger partial charge in [-0.05, 0) is 43.3 Å². The molecule has 7 nitrogen and oxygen atoms in total. The number of thioether (sulfide) groups is 1. The molecule has 4 heterocycles. The second kappa shape index (κ2) is 8.33. The van der Waals surface area contributed by atoms with E-state index in [1.165, 1.54) is 23.1 Å². The first kappa shape index (κ1) is 20.0. The Bertz CT molecular complexity index is 1400. The first-order valence-corrected chi connectivity index (χ1v) is 11.6. The van der Waals surface area contributed by atoms with Crippen molar-refractivity contribution in [3.63, 3.8) is 0 Å². The molecule has 0 spiro atoms. The third-order valence-electron chi connectivity index (χ3n) is 4.69.